The van der Waals surface area contributed by atoms with Gasteiger partial charge in [-0.25, -0.2) is 0 Å². The van der Waals surface area contributed by atoms with Crippen molar-refractivity contribution in [3.63, 3.8) is 0 Å². The summed E-state index contributed by atoms with van der Waals surface area (Å²) in [7, 11) is 4.40. The van der Waals surface area contributed by atoms with Gasteiger partial charge in [0.2, 0.25) is 0 Å². The lowest BCUT2D eigenvalue weighted by atomic mass is 9.79. The highest BCUT2D eigenvalue weighted by Crippen LogP contribution is 2.33. The minimum Gasteiger partial charge on any atom is -0.306 e. The van der Waals surface area contributed by atoms with E-state index in [1.54, 1.807) is 0 Å². The van der Waals surface area contributed by atoms with Crippen LogP contribution in [0.2, 0.25) is 0 Å². The van der Waals surface area contributed by atoms with Gasteiger partial charge < -0.3 is 9.80 Å². The Bertz CT molecular complexity index is 426. The van der Waals surface area contributed by atoms with Gasteiger partial charge in [-0.05, 0) is 64.7 Å². The van der Waals surface area contributed by atoms with E-state index in [4.69, 9.17) is 0 Å². The van der Waals surface area contributed by atoms with Crippen molar-refractivity contribution in [3.8, 4) is 0 Å². The second kappa shape index (κ2) is 33.6. The zero-order chi connectivity index (χ0) is 28.3. The Morgan fingerprint density at radius 1 is 0.676 bits per heavy atom. The van der Waals surface area contributed by atoms with Crippen molar-refractivity contribution < 1.29 is 4.79 Å². The Morgan fingerprint density at radius 2 is 1.11 bits per heavy atom. The van der Waals surface area contributed by atoms with Crippen molar-refractivity contribution in [2.24, 2.45) is 10.8 Å². The number of hydrogen-bond acceptors (Lipinski definition) is 3. The van der Waals surface area contributed by atoms with Crippen LogP contribution in [-0.2, 0) is 4.79 Å². The van der Waals surface area contributed by atoms with Crippen molar-refractivity contribution in [2.45, 2.75) is 169 Å². The van der Waals surface area contributed by atoms with Gasteiger partial charge in [0.15, 0.2) is 0 Å². The largest absolute Gasteiger partial charge is 0.306 e. The van der Waals surface area contributed by atoms with Gasteiger partial charge in [0.25, 0.3) is 0 Å². The van der Waals surface area contributed by atoms with Gasteiger partial charge in [0, 0.05) is 24.9 Å². The van der Waals surface area contributed by atoms with Gasteiger partial charge in [0.1, 0.15) is 5.78 Å². The fourth-order valence-corrected chi connectivity index (χ4v) is 4.91. The molecule has 2 saturated heterocycles. The van der Waals surface area contributed by atoms with E-state index in [1.807, 2.05) is 55.4 Å². The molecule has 0 amide bonds. The summed E-state index contributed by atoms with van der Waals surface area (Å²) in [4.78, 5) is 16.8. The first-order valence-electron chi connectivity index (χ1n) is 15.6. The molecule has 2 heterocycles. The molecule has 2 atom stereocenters. The minimum atomic E-state index is -0.0682. The zero-order valence-corrected chi connectivity index (χ0v) is 27.4. The van der Waals surface area contributed by atoms with Crippen molar-refractivity contribution in [3.05, 3.63) is 0 Å². The number of ketones is 1. The van der Waals surface area contributed by atoms with Crippen LogP contribution in [0.25, 0.3) is 0 Å². The lowest BCUT2D eigenvalue weighted by molar-refractivity contribution is -0.128. The molecule has 2 aliphatic rings. The van der Waals surface area contributed by atoms with Crippen LogP contribution in [-0.4, -0.2) is 55.9 Å². The maximum atomic E-state index is 12.0. The molecule has 0 bridgehead atoms. The third-order valence-corrected chi connectivity index (χ3v) is 6.67. The number of carbonyl (C=O) groups is 1. The number of rotatable bonds is 6. The molecule has 0 spiro atoms. The van der Waals surface area contributed by atoms with E-state index in [1.165, 1.54) is 64.5 Å². The Hall–Kier alpha value is -0.410. The molecule has 0 radical (unpaired) electrons. The van der Waals surface area contributed by atoms with Crippen LogP contribution in [0.5, 0.6) is 0 Å². The smallest absolute Gasteiger partial charge is 0.140 e. The van der Waals surface area contributed by atoms with E-state index in [2.05, 4.69) is 51.6 Å². The van der Waals surface area contributed by atoms with Crippen LogP contribution in [0, 0.1) is 10.8 Å². The molecule has 0 aromatic heterocycles. The van der Waals surface area contributed by atoms with E-state index < -0.39 is 0 Å². The summed E-state index contributed by atoms with van der Waals surface area (Å²) >= 11 is 0. The highest BCUT2D eigenvalue weighted by molar-refractivity contribution is 5.84. The Kier molecular flexibility index (Phi) is 45.0. The monoisotopic (exact) mass is 533 g/mol. The highest BCUT2D eigenvalue weighted by Gasteiger charge is 2.34. The summed E-state index contributed by atoms with van der Waals surface area (Å²) in [6.45, 7) is 29.8. The molecule has 37 heavy (non-hydrogen) atoms. The summed E-state index contributed by atoms with van der Waals surface area (Å²) in [6, 6.07) is 0. The van der Waals surface area contributed by atoms with Crippen LogP contribution < -0.4 is 0 Å². The Labute approximate surface area is 239 Å². The maximum Gasteiger partial charge on any atom is 0.140 e. The van der Waals surface area contributed by atoms with Crippen LogP contribution in [0.4, 0.5) is 0 Å². The van der Waals surface area contributed by atoms with E-state index in [-0.39, 0.29) is 20.3 Å². The van der Waals surface area contributed by atoms with Gasteiger partial charge in [0.05, 0.1) is 0 Å². The quantitative estimate of drug-likeness (QED) is 0.340. The van der Waals surface area contributed by atoms with Gasteiger partial charge in [-0.15, -0.1) is 0 Å². The second-order valence-electron chi connectivity index (χ2n) is 10.0. The Balaban J connectivity index is -0.0000000980. The topological polar surface area (TPSA) is 23.6 Å². The number of likely N-dealkylation sites (tertiary alicyclic amines) is 2. The average Bonchev–Trinajstić information content (AvgIpc) is 3.14. The SMILES string of the molecule is C.C.CC.CC.CC.CC.CCCCC1(C)CCCCN(C)C1.CCCCC1(C)CN(C)CCCC1=O. The summed E-state index contributed by atoms with van der Waals surface area (Å²) < 4.78 is 0. The van der Waals surface area contributed by atoms with E-state index >= 15 is 0 Å². The summed E-state index contributed by atoms with van der Waals surface area (Å²) in [5.41, 5.74) is 0.544. The fraction of sp³-hybridized carbons (Fsp3) is 0.971. The highest BCUT2D eigenvalue weighted by atomic mass is 16.1. The molecule has 0 aromatic rings. The van der Waals surface area contributed by atoms with Crippen LogP contribution in [0.3, 0.4) is 0 Å². The number of nitrogens with zero attached hydrogens (tertiary/aromatic N) is 2. The van der Waals surface area contributed by atoms with Crippen molar-refractivity contribution in [2.75, 3.05) is 40.3 Å². The number of Topliss-reactive ketones (excluding diaryl/α,β-unsaturated/α-hetero) is 1. The maximum absolute atomic E-state index is 12.0. The summed E-state index contributed by atoms with van der Waals surface area (Å²) in [5.74, 6) is 0.482. The molecular weight excluding hydrogens is 452 g/mol. The minimum absolute atomic E-state index is 0. The lowest BCUT2D eigenvalue weighted by Crippen LogP contribution is -2.36. The normalized spacial score (nSPS) is 23.2. The fourth-order valence-electron chi connectivity index (χ4n) is 4.91. The third kappa shape index (κ3) is 25.6. The molecular formula is C34H80N2O. The molecule has 3 heteroatoms. The van der Waals surface area contributed by atoms with Gasteiger partial charge in [-0.3, -0.25) is 4.79 Å². The molecule has 2 rings (SSSR count). The number of hydrogen-bond donors (Lipinski definition) is 0. The van der Waals surface area contributed by atoms with Gasteiger partial charge in [-0.2, -0.15) is 0 Å². The average molecular weight is 533 g/mol. The Morgan fingerprint density at radius 3 is 1.59 bits per heavy atom. The van der Waals surface area contributed by atoms with Crippen LogP contribution in [0.15, 0.2) is 0 Å². The molecule has 0 aromatic carbocycles. The van der Waals surface area contributed by atoms with E-state index in [9.17, 15) is 4.79 Å². The first-order valence-corrected chi connectivity index (χ1v) is 15.6. The van der Waals surface area contributed by atoms with E-state index in [0.29, 0.717) is 11.2 Å². The van der Waals surface area contributed by atoms with Gasteiger partial charge >= 0.3 is 0 Å². The second-order valence-corrected chi connectivity index (χ2v) is 10.0. The predicted octanol–water partition coefficient (Wildman–Crippen LogP) is 11.2. The molecule has 3 nitrogen and oxygen atoms in total. The molecule has 2 aliphatic heterocycles. The zero-order valence-electron chi connectivity index (χ0n) is 27.4. The molecule has 232 valence electrons. The number of carbonyl (C=O) groups excluding carboxylic acids is 1. The standard InChI is InChI=1S/C12H23NO.C12H25N.4C2H6.2CH4/c1-4-5-8-12(2)10-13(3)9-6-7-11(12)14;1-4-5-8-12(2)9-6-7-10-13(3)11-12;4*1-2;;/h4-10H2,1-3H3;4-11H2,1-3H3;4*1-2H3;2*1H4. The molecule has 0 saturated carbocycles. The summed E-state index contributed by atoms with van der Waals surface area (Å²) in [6.07, 6.45) is 13.7. The predicted molar refractivity (Wildman–Crippen MR) is 177 cm³/mol. The van der Waals surface area contributed by atoms with Crippen LogP contribution >= 0.6 is 0 Å². The summed E-state index contributed by atoms with van der Waals surface area (Å²) in [5, 5.41) is 0. The molecule has 2 unspecified atom stereocenters. The lowest BCUT2D eigenvalue weighted by Gasteiger charge is -2.31. The number of unbranched alkanes of at least 4 members (excludes halogenated alkanes) is 2. The molecule has 0 N–H and O–H groups in total. The first-order chi connectivity index (χ1) is 16.7. The van der Waals surface area contributed by atoms with Crippen molar-refractivity contribution >= 4 is 5.78 Å². The van der Waals surface area contributed by atoms with Gasteiger partial charge in [-0.1, -0.05) is 130 Å². The molecule has 0 aliphatic carbocycles. The van der Waals surface area contributed by atoms with Crippen LogP contribution in [0.1, 0.15) is 169 Å². The third-order valence-electron chi connectivity index (χ3n) is 6.67. The first kappa shape index (κ1) is 49.5. The van der Waals surface area contributed by atoms with E-state index in [0.717, 1.165) is 32.4 Å². The van der Waals surface area contributed by atoms with Crippen molar-refractivity contribution in [1.29, 1.82) is 0 Å². The van der Waals surface area contributed by atoms with Crippen molar-refractivity contribution in [1.82, 2.24) is 9.80 Å². The molecule has 2 fully saturated rings.